The molecule has 0 amide bonds. The molecular formula is C49H28N2O4. The molecule has 0 atom stereocenters. The molecule has 0 spiro atoms. The average Bonchev–Trinajstić information content (AvgIpc) is 4.02. The van der Waals surface area contributed by atoms with Crippen LogP contribution in [0, 0.1) is 0 Å². The lowest BCUT2D eigenvalue weighted by Gasteiger charge is -2.26. The van der Waals surface area contributed by atoms with Crippen molar-refractivity contribution in [3.05, 3.63) is 170 Å². The monoisotopic (exact) mass is 708 g/mol. The molecule has 0 bridgehead atoms. The molecule has 0 aliphatic carbocycles. The summed E-state index contributed by atoms with van der Waals surface area (Å²) in [5, 5.41) is 6.24. The molecule has 6 nitrogen and oxygen atoms in total. The van der Waals surface area contributed by atoms with Crippen LogP contribution in [-0.4, -0.2) is 4.98 Å². The van der Waals surface area contributed by atoms with Gasteiger partial charge in [0.15, 0.2) is 5.58 Å². The molecule has 0 saturated carbocycles. The van der Waals surface area contributed by atoms with Crippen molar-refractivity contribution in [1.82, 2.24) is 4.98 Å². The van der Waals surface area contributed by atoms with Gasteiger partial charge in [-0.3, -0.25) is 0 Å². The van der Waals surface area contributed by atoms with Crippen LogP contribution in [0.3, 0.4) is 0 Å². The summed E-state index contributed by atoms with van der Waals surface area (Å²) in [5.74, 6) is 0.592. The summed E-state index contributed by atoms with van der Waals surface area (Å²) < 4.78 is 25.1. The van der Waals surface area contributed by atoms with Crippen LogP contribution in [0.4, 0.5) is 17.1 Å². The zero-order valence-electron chi connectivity index (χ0n) is 29.2. The third-order valence-corrected chi connectivity index (χ3v) is 10.7. The van der Waals surface area contributed by atoms with Gasteiger partial charge in [0.2, 0.25) is 5.89 Å². The highest BCUT2D eigenvalue weighted by atomic mass is 16.4. The molecule has 12 aromatic rings. The Labute approximate surface area is 313 Å². The van der Waals surface area contributed by atoms with Crippen LogP contribution in [0.15, 0.2) is 188 Å². The van der Waals surface area contributed by atoms with Gasteiger partial charge in [0.1, 0.15) is 39.0 Å². The van der Waals surface area contributed by atoms with Gasteiger partial charge in [0.05, 0.1) is 5.39 Å². The Bertz CT molecular complexity index is 3330. The summed E-state index contributed by atoms with van der Waals surface area (Å²) in [6.07, 6.45) is 0. The maximum atomic E-state index is 6.41. The van der Waals surface area contributed by atoms with Gasteiger partial charge in [-0.25, -0.2) is 4.98 Å². The molecule has 0 fully saturated rings. The first-order chi connectivity index (χ1) is 27.2. The first-order valence-electron chi connectivity index (χ1n) is 18.3. The van der Waals surface area contributed by atoms with Gasteiger partial charge in [-0.2, -0.15) is 0 Å². The van der Waals surface area contributed by atoms with Crippen molar-refractivity contribution in [3.63, 3.8) is 0 Å². The van der Waals surface area contributed by atoms with E-state index in [2.05, 4.69) is 102 Å². The molecule has 0 saturated heterocycles. The summed E-state index contributed by atoms with van der Waals surface area (Å²) in [6, 6.07) is 58.2. The van der Waals surface area contributed by atoms with Gasteiger partial charge >= 0.3 is 0 Å². The van der Waals surface area contributed by atoms with Gasteiger partial charge < -0.3 is 22.6 Å². The van der Waals surface area contributed by atoms with Gasteiger partial charge in [-0.15, -0.1) is 0 Å². The predicted molar refractivity (Wildman–Crippen MR) is 221 cm³/mol. The minimum absolute atomic E-state index is 0.592. The Morgan fingerprint density at radius 3 is 1.56 bits per heavy atom. The molecule has 12 rings (SSSR count). The largest absolute Gasteiger partial charge is 0.456 e. The van der Waals surface area contributed by atoms with E-state index in [1.54, 1.807) is 0 Å². The topological polar surface area (TPSA) is 68.7 Å². The zero-order valence-corrected chi connectivity index (χ0v) is 29.2. The Kier molecular flexibility index (Phi) is 6.24. The quantitative estimate of drug-likeness (QED) is 0.177. The number of furan rings is 3. The highest BCUT2D eigenvalue weighted by Crippen LogP contribution is 2.43. The van der Waals surface area contributed by atoms with E-state index >= 15 is 0 Å². The minimum atomic E-state index is 0.592. The number of hydrogen-bond donors (Lipinski definition) is 0. The third kappa shape index (κ3) is 4.65. The smallest absolute Gasteiger partial charge is 0.227 e. The van der Waals surface area contributed by atoms with Crippen molar-refractivity contribution in [2.75, 3.05) is 4.90 Å². The van der Waals surface area contributed by atoms with E-state index < -0.39 is 0 Å². The summed E-state index contributed by atoms with van der Waals surface area (Å²) in [6.45, 7) is 0. The molecule has 55 heavy (non-hydrogen) atoms. The molecule has 0 unspecified atom stereocenters. The van der Waals surface area contributed by atoms with Gasteiger partial charge in [0.25, 0.3) is 0 Å². The van der Waals surface area contributed by atoms with Crippen LogP contribution in [0.25, 0.3) is 99.5 Å². The Hall–Kier alpha value is -7.57. The van der Waals surface area contributed by atoms with Crippen LogP contribution < -0.4 is 4.90 Å². The second kappa shape index (κ2) is 11.5. The molecule has 8 aromatic carbocycles. The maximum absolute atomic E-state index is 6.41. The SMILES string of the molecule is c1ccc(-c2nc3ccc4oc5ccc(-c6ccc(N(c7ccc8oc9ccccc9c8c7)c7ccc8oc9ccccc9c8c7)cc6)cc5c4c3o2)cc1. The number of anilines is 3. The lowest BCUT2D eigenvalue weighted by molar-refractivity contribution is 0.622. The van der Waals surface area contributed by atoms with E-state index in [1.807, 2.05) is 72.8 Å². The maximum Gasteiger partial charge on any atom is 0.227 e. The predicted octanol–water partition coefficient (Wildman–Crippen LogP) is 14.3. The van der Waals surface area contributed by atoms with Crippen molar-refractivity contribution in [2.24, 2.45) is 0 Å². The van der Waals surface area contributed by atoms with Crippen molar-refractivity contribution >= 4 is 94.0 Å². The van der Waals surface area contributed by atoms with Gasteiger partial charge in [-0.05, 0) is 108 Å². The highest BCUT2D eigenvalue weighted by molar-refractivity contribution is 6.17. The van der Waals surface area contributed by atoms with E-state index in [4.69, 9.17) is 22.7 Å². The van der Waals surface area contributed by atoms with Crippen LogP contribution in [-0.2, 0) is 0 Å². The standard InChI is InChI=1S/C49H28N2O4/c1-2-8-30(9-3-1)49-50-40-21-25-46-47(48(40)55-49)39-26-31(16-22-45(39)54-46)29-14-17-32(18-15-29)51(33-19-23-43-37(27-33)35-10-4-6-12-41(35)52-43)34-20-24-44-38(28-34)36-11-5-7-13-42(36)53-44/h1-28H. The number of para-hydroxylation sites is 2. The Morgan fingerprint density at radius 1 is 0.345 bits per heavy atom. The van der Waals surface area contributed by atoms with Crippen LogP contribution in [0.5, 0.6) is 0 Å². The second-order valence-corrected chi connectivity index (χ2v) is 13.9. The van der Waals surface area contributed by atoms with Crippen LogP contribution >= 0.6 is 0 Å². The molecule has 0 N–H and O–H groups in total. The molecule has 4 aromatic heterocycles. The van der Waals surface area contributed by atoms with E-state index in [-0.39, 0.29) is 0 Å². The van der Waals surface area contributed by atoms with Crippen molar-refractivity contribution in [1.29, 1.82) is 0 Å². The summed E-state index contributed by atoms with van der Waals surface area (Å²) in [7, 11) is 0. The lowest BCUT2D eigenvalue weighted by atomic mass is 10.0. The third-order valence-electron chi connectivity index (χ3n) is 10.7. The van der Waals surface area contributed by atoms with Crippen LogP contribution in [0.2, 0.25) is 0 Å². The van der Waals surface area contributed by atoms with Crippen LogP contribution in [0.1, 0.15) is 0 Å². The number of oxazole rings is 1. The molecule has 0 radical (unpaired) electrons. The molecule has 4 heterocycles. The number of hydrogen-bond acceptors (Lipinski definition) is 6. The number of nitrogens with zero attached hydrogens (tertiary/aromatic N) is 2. The molecular weight excluding hydrogens is 681 g/mol. The van der Waals surface area contributed by atoms with Crippen molar-refractivity contribution in [2.45, 2.75) is 0 Å². The fourth-order valence-electron chi connectivity index (χ4n) is 8.09. The Balaban J connectivity index is 0.989. The van der Waals surface area contributed by atoms with E-state index in [9.17, 15) is 0 Å². The number of rotatable bonds is 5. The van der Waals surface area contributed by atoms with Crippen molar-refractivity contribution in [3.8, 4) is 22.6 Å². The first kappa shape index (κ1) is 29.9. The fraction of sp³-hybridized carbons (Fsp3) is 0. The molecule has 0 aliphatic rings. The first-order valence-corrected chi connectivity index (χ1v) is 18.3. The molecule has 258 valence electrons. The normalized spacial score (nSPS) is 12.0. The highest BCUT2D eigenvalue weighted by Gasteiger charge is 2.20. The average molecular weight is 709 g/mol. The molecule has 0 aliphatic heterocycles. The van der Waals surface area contributed by atoms with E-state index in [0.29, 0.717) is 5.89 Å². The molecule has 6 heteroatoms. The number of fused-ring (bicyclic) bond motifs is 11. The number of benzene rings is 8. The summed E-state index contributed by atoms with van der Waals surface area (Å²) in [4.78, 5) is 7.11. The summed E-state index contributed by atoms with van der Waals surface area (Å²) in [5.41, 5.74) is 12.7. The van der Waals surface area contributed by atoms with Crippen molar-refractivity contribution < 1.29 is 17.7 Å². The van der Waals surface area contributed by atoms with Gasteiger partial charge in [0, 0.05) is 49.6 Å². The van der Waals surface area contributed by atoms with Gasteiger partial charge in [-0.1, -0.05) is 72.8 Å². The second-order valence-electron chi connectivity index (χ2n) is 13.9. The summed E-state index contributed by atoms with van der Waals surface area (Å²) >= 11 is 0. The van der Waals surface area contributed by atoms with E-state index in [1.165, 1.54) is 0 Å². The number of aromatic nitrogens is 1. The lowest BCUT2D eigenvalue weighted by Crippen LogP contribution is -2.09. The minimum Gasteiger partial charge on any atom is -0.456 e. The van der Waals surface area contributed by atoms with E-state index in [0.717, 1.165) is 111 Å². The fourth-order valence-corrected chi connectivity index (χ4v) is 8.09. The zero-order chi connectivity index (χ0) is 36.0. The Morgan fingerprint density at radius 2 is 0.873 bits per heavy atom.